The number of carbonyl (C=O) groups is 3. The van der Waals surface area contributed by atoms with E-state index in [1.165, 1.54) is 6.39 Å². The molecule has 0 saturated heterocycles. The number of Topliss-reactive ketones (excluding diaryl/α,β-unsaturated/α-hetero) is 2. The van der Waals surface area contributed by atoms with Crippen molar-refractivity contribution < 1.29 is 34.1 Å². The first-order chi connectivity index (χ1) is 15.7. The van der Waals surface area contributed by atoms with Gasteiger partial charge in [0.1, 0.15) is 22.6 Å². The average molecular weight is 454 g/mol. The minimum atomic E-state index is -2.68. The summed E-state index contributed by atoms with van der Waals surface area (Å²) in [6.45, 7) is 0.250. The van der Waals surface area contributed by atoms with Crippen molar-refractivity contribution >= 4 is 40.0 Å². The number of nitrogens with zero attached hydrogens (tertiary/aromatic N) is 1. The number of hydrogen-bond donors (Lipinski definition) is 6. The van der Waals surface area contributed by atoms with Crippen LogP contribution >= 0.6 is 0 Å². The number of carbonyl (C=O) groups excluding carboxylic acids is 3. The summed E-state index contributed by atoms with van der Waals surface area (Å²) >= 11 is 0. The highest BCUT2D eigenvalue weighted by atomic mass is 16.4. The number of hydrogen-bond acceptors (Lipinski definition) is 10. The predicted octanol–water partition coefficient (Wildman–Crippen LogP) is 0.174. The van der Waals surface area contributed by atoms with Crippen molar-refractivity contribution in [3.63, 3.8) is 0 Å². The van der Waals surface area contributed by atoms with Crippen LogP contribution in [-0.2, 0) is 20.8 Å². The zero-order valence-corrected chi connectivity index (χ0v) is 17.4. The number of benzene rings is 1. The number of rotatable bonds is 1. The van der Waals surface area contributed by atoms with Gasteiger partial charge in [-0.2, -0.15) is 0 Å². The van der Waals surface area contributed by atoms with Gasteiger partial charge < -0.3 is 36.5 Å². The monoisotopic (exact) mass is 454 g/mol. The van der Waals surface area contributed by atoms with E-state index in [4.69, 9.17) is 15.9 Å². The Morgan fingerprint density at radius 3 is 2.79 bits per heavy atom. The summed E-state index contributed by atoms with van der Waals surface area (Å²) in [6.07, 6.45) is 1.77. The molecule has 1 fully saturated rings. The second-order valence-corrected chi connectivity index (χ2v) is 8.64. The van der Waals surface area contributed by atoms with Crippen LogP contribution in [0, 0.1) is 5.92 Å². The third kappa shape index (κ3) is 2.82. The van der Waals surface area contributed by atoms with Gasteiger partial charge in [0, 0.05) is 17.7 Å². The van der Waals surface area contributed by atoms with E-state index in [9.17, 15) is 29.7 Å². The van der Waals surface area contributed by atoms with E-state index in [0.29, 0.717) is 23.2 Å². The maximum absolute atomic E-state index is 13.7. The highest BCUT2D eigenvalue weighted by Gasteiger charge is 2.58. The number of aliphatic hydroxyl groups is 3. The van der Waals surface area contributed by atoms with Gasteiger partial charge in [0.15, 0.2) is 17.8 Å². The van der Waals surface area contributed by atoms with Crippen LogP contribution < -0.4 is 16.8 Å². The van der Waals surface area contributed by atoms with E-state index in [0.717, 1.165) is 0 Å². The van der Waals surface area contributed by atoms with Crippen molar-refractivity contribution in [2.75, 3.05) is 12.3 Å². The average Bonchev–Trinajstić information content (AvgIpc) is 3.22. The summed E-state index contributed by atoms with van der Waals surface area (Å²) in [5.41, 5.74) is 9.64. The standard InChI is InChI=1S/C22H22N4O7/c23-10-6-11-18(33-7-26-11)15-9(10)4-8-5-13-22(32,19(29)14(8)17(15)28)20(30)16(21(24)31)12(27)2-1-3-25-13/h6-8,13,25,28,30,32H,1-5,23H2,(H2,24,31)/t8-,13+,22-/m0/s1. The molecule has 2 aliphatic carbocycles. The smallest absolute Gasteiger partial charge is 0.255 e. The van der Waals surface area contributed by atoms with Crippen molar-refractivity contribution in [2.45, 2.75) is 37.3 Å². The molecule has 1 aromatic heterocycles. The molecule has 5 rings (SSSR count). The van der Waals surface area contributed by atoms with E-state index < -0.39 is 52.1 Å². The first-order valence-corrected chi connectivity index (χ1v) is 10.5. The highest BCUT2D eigenvalue weighted by molar-refractivity contribution is 6.21. The summed E-state index contributed by atoms with van der Waals surface area (Å²) in [4.78, 5) is 42.2. The molecule has 1 aromatic carbocycles. The first-order valence-electron chi connectivity index (χ1n) is 10.5. The van der Waals surface area contributed by atoms with Gasteiger partial charge in [-0.15, -0.1) is 0 Å². The molecule has 2 heterocycles. The molecular weight excluding hydrogens is 432 g/mol. The molecule has 11 heteroatoms. The minimum absolute atomic E-state index is 0.102. The fourth-order valence-electron chi connectivity index (χ4n) is 5.25. The van der Waals surface area contributed by atoms with Gasteiger partial charge in [0.25, 0.3) is 5.91 Å². The topological polar surface area (TPSA) is 202 Å². The van der Waals surface area contributed by atoms with Crippen molar-refractivity contribution in [2.24, 2.45) is 11.7 Å². The van der Waals surface area contributed by atoms with E-state index in [2.05, 4.69) is 10.3 Å². The van der Waals surface area contributed by atoms with Crippen LogP contribution in [0.5, 0.6) is 0 Å². The number of nitrogens with two attached hydrogens (primary N) is 2. The number of fused-ring (bicyclic) bond motifs is 5. The van der Waals surface area contributed by atoms with Gasteiger partial charge in [-0.3, -0.25) is 14.4 Å². The van der Waals surface area contributed by atoms with Crippen LogP contribution in [0.2, 0.25) is 0 Å². The fourth-order valence-corrected chi connectivity index (χ4v) is 5.25. The van der Waals surface area contributed by atoms with Gasteiger partial charge in [0.2, 0.25) is 11.4 Å². The van der Waals surface area contributed by atoms with E-state index in [-0.39, 0.29) is 42.5 Å². The number of anilines is 1. The predicted molar refractivity (Wildman–Crippen MR) is 115 cm³/mol. The zero-order valence-electron chi connectivity index (χ0n) is 17.4. The van der Waals surface area contributed by atoms with E-state index in [1.807, 2.05) is 0 Å². The Morgan fingerprint density at radius 1 is 1.30 bits per heavy atom. The van der Waals surface area contributed by atoms with E-state index >= 15 is 0 Å². The molecule has 0 radical (unpaired) electrons. The lowest BCUT2D eigenvalue weighted by Gasteiger charge is -2.44. The first kappa shape index (κ1) is 21.2. The Morgan fingerprint density at radius 2 is 2.06 bits per heavy atom. The number of primary amides is 1. The van der Waals surface area contributed by atoms with Gasteiger partial charge in [0.05, 0.1) is 11.6 Å². The summed E-state index contributed by atoms with van der Waals surface area (Å²) < 4.78 is 5.41. The normalized spacial score (nSPS) is 28.0. The number of aromatic nitrogens is 1. The van der Waals surface area contributed by atoms with Gasteiger partial charge in [-0.05, 0) is 43.4 Å². The molecule has 11 nitrogen and oxygen atoms in total. The molecule has 33 heavy (non-hydrogen) atoms. The molecule has 8 N–H and O–H groups in total. The van der Waals surface area contributed by atoms with Gasteiger partial charge in [-0.25, -0.2) is 4.98 Å². The maximum atomic E-state index is 13.7. The molecule has 3 atom stereocenters. The number of oxazole rings is 1. The summed E-state index contributed by atoms with van der Waals surface area (Å²) in [6, 6.07) is 0.581. The van der Waals surface area contributed by atoms with Crippen LogP contribution in [0.3, 0.4) is 0 Å². The quantitative estimate of drug-likeness (QED) is 0.255. The minimum Gasteiger partial charge on any atom is -0.508 e. The Balaban J connectivity index is 1.76. The lowest BCUT2D eigenvalue weighted by atomic mass is 9.64. The molecule has 0 spiro atoms. The summed E-state index contributed by atoms with van der Waals surface area (Å²) in [5.74, 6) is -5.15. The van der Waals surface area contributed by atoms with Crippen LogP contribution in [0.4, 0.5) is 5.69 Å². The molecule has 1 amide bonds. The largest absolute Gasteiger partial charge is 0.508 e. The Hall–Kier alpha value is -3.70. The third-order valence-corrected chi connectivity index (χ3v) is 6.82. The molecular formula is C22H22N4O7. The van der Waals surface area contributed by atoms with Gasteiger partial charge in [-0.1, -0.05) is 0 Å². The lowest BCUT2D eigenvalue weighted by Crippen LogP contribution is -2.63. The lowest BCUT2D eigenvalue weighted by molar-refractivity contribution is -0.139. The van der Waals surface area contributed by atoms with Crippen LogP contribution in [0.1, 0.15) is 30.4 Å². The molecule has 1 aliphatic heterocycles. The fraction of sp³-hybridized carbons (Fsp3) is 0.364. The second-order valence-electron chi connectivity index (χ2n) is 8.64. The number of nitrogens with one attached hydrogen (secondary N) is 1. The molecule has 0 unspecified atom stereocenters. The number of aliphatic hydroxyl groups excluding tert-OH is 2. The SMILES string of the molecule is NC(=O)C1=C(O)[C@@]2(O)C(=O)C3=C(O)c4c(c(N)cc5ncoc45)C[C@H]3C[C@H]2NCCCC1=O. The molecule has 1 saturated carbocycles. The molecule has 2 aromatic rings. The Kier molecular flexibility index (Phi) is 4.59. The van der Waals surface area contributed by atoms with Crippen molar-refractivity contribution in [3.05, 3.63) is 40.5 Å². The van der Waals surface area contributed by atoms with Gasteiger partial charge >= 0.3 is 0 Å². The molecule has 172 valence electrons. The van der Waals surface area contributed by atoms with Crippen molar-refractivity contribution in [3.8, 4) is 0 Å². The van der Waals surface area contributed by atoms with Crippen LogP contribution in [0.15, 0.2) is 33.8 Å². The Bertz CT molecular complexity index is 1310. The van der Waals surface area contributed by atoms with Crippen LogP contribution in [-0.4, -0.2) is 56.0 Å². The number of ketones is 2. The third-order valence-electron chi connectivity index (χ3n) is 6.82. The number of amides is 1. The molecule has 0 bridgehead atoms. The zero-order chi connectivity index (χ0) is 23.7. The summed E-state index contributed by atoms with van der Waals surface area (Å²) in [7, 11) is 0. The van der Waals surface area contributed by atoms with Crippen molar-refractivity contribution in [1.29, 1.82) is 0 Å². The van der Waals surface area contributed by atoms with Crippen molar-refractivity contribution in [1.82, 2.24) is 10.3 Å². The summed E-state index contributed by atoms with van der Waals surface area (Å²) in [5, 5.41) is 36.7. The van der Waals surface area contributed by atoms with E-state index in [1.54, 1.807) is 6.07 Å². The highest BCUT2D eigenvalue weighted by Crippen LogP contribution is 2.48. The Labute approximate surface area is 186 Å². The maximum Gasteiger partial charge on any atom is 0.255 e. The molecule has 3 aliphatic rings. The van der Waals surface area contributed by atoms with Crippen LogP contribution in [0.25, 0.3) is 16.9 Å². The number of nitrogen functional groups attached to an aromatic ring is 1. The second kappa shape index (κ2) is 7.15.